The maximum Gasteiger partial charge on any atom is 0.222 e. The second-order valence-corrected chi connectivity index (χ2v) is 5.80. The van der Waals surface area contributed by atoms with E-state index in [9.17, 15) is 4.39 Å². The molecule has 1 aliphatic rings. The fourth-order valence-corrected chi connectivity index (χ4v) is 3.14. The minimum absolute atomic E-state index is 0.0504. The molecule has 6 heteroatoms. The van der Waals surface area contributed by atoms with Crippen LogP contribution in [0.25, 0.3) is 0 Å². The largest absolute Gasteiger partial charge is 0.497 e. The molecule has 0 radical (unpaired) electrons. The number of nitrogens with zero attached hydrogens (tertiary/aromatic N) is 3. The smallest absolute Gasteiger partial charge is 0.222 e. The second-order valence-electron chi connectivity index (χ2n) is 5.80. The molecule has 4 rings (SSSR count). The van der Waals surface area contributed by atoms with Gasteiger partial charge in [0, 0.05) is 0 Å². The monoisotopic (exact) mass is 324 g/mol. The first-order valence-corrected chi connectivity index (χ1v) is 7.80. The molecular weight excluding hydrogens is 307 g/mol. The first-order chi connectivity index (χ1) is 11.7. The van der Waals surface area contributed by atoms with E-state index in [0.29, 0.717) is 0 Å². The third-order valence-electron chi connectivity index (χ3n) is 4.40. The van der Waals surface area contributed by atoms with E-state index in [0.717, 1.165) is 29.2 Å². The summed E-state index contributed by atoms with van der Waals surface area (Å²) in [7, 11) is 1.65. The van der Waals surface area contributed by atoms with Gasteiger partial charge < -0.3 is 10.1 Å². The maximum atomic E-state index is 13.2. The van der Waals surface area contributed by atoms with Gasteiger partial charge in [0.2, 0.25) is 5.95 Å². The van der Waals surface area contributed by atoms with Gasteiger partial charge in [0.1, 0.15) is 17.9 Å². The highest BCUT2D eigenvalue weighted by molar-refractivity contribution is 5.39. The topological polar surface area (TPSA) is 52.0 Å². The van der Waals surface area contributed by atoms with Crippen LogP contribution in [0.15, 0.2) is 54.9 Å². The van der Waals surface area contributed by atoms with Crippen molar-refractivity contribution in [1.82, 2.24) is 14.8 Å². The summed E-state index contributed by atoms with van der Waals surface area (Å²) in [5.41, 5.74) is 2.17. The highest BCUT2D eigenvalue weighted by atomic mass is 19.1. The molecule has 2 aromatic carbocycles. The summed E-state index contributed by atoms with van der Waals surface area (Å²) in [6.45, 7) is 0. The lowest BCUT2D eigenvalue weighted by atomic mass is 9.93. The average molecular weight is 324 g/mol. The Bertz CT molecular complexity index is 829. The van der Waals surface area contributed by atoms with E-state index in [1.807, 2.05) is 41.1 Å². The number of anilines is 1. The van der Waals surface area contributed by atoms with E-state index in [-0.39, 0.29) is 17.9 Å². The fourth-order valence-electron chi connectivity index (χ4n) is 3.14. The number of benzene rings is 2. The Morgan fingerprint density at radius 1 is 1.08 bits per heavy atom. The van der Waals surface area contributed by atoms with Crippen LogP contribution in [0, 0.1) is 5.82 Å². The van der Waals surface area contributed by atoms with E-state index >= 15 is 0 Å². The van der Waals surface area contributed by atoms with Gasteiger partial charge in [-0.15, -0.1) is 0 Å². The highest BCUT2D eigenvalue weighted by Crippen LogP contribution is 2.37. The molecule has 0 aliphatic carbocycles. The summed E-state index contributed by atoms with van der Waals surface area (Å²) in [6, 6.07) is 14.7. The van der Waals surface area contributed by atoms with Gasteiger partial charge in [-0.1, -0.05) is 24.3 Å². The molecule has 24 heavy (non-hydrogen) atoms. The van der Waals surface area contributed by atoms with Gasteiger partial charge in [-0.2, -0.15) is 10.1 Å². The highest BCUT2D eigenvalue weighted by Gasteiger charge is 2.29. The Balaban J connectivity index is 1.69. The number of halogens is 1. The summed E-state index contributed by atoms with van der Waals surface area (Å²) in [5.74, 6) is 1.31. The van der Waals surface area contributed by atoms with Gasteiger partial charge in [-0.3, -0.25) is 0 Å². The Kier molecular flexibility index (Phi) is 3.65. The van der Waals surface area contributed by atoms with Crippen molar-refractivity contribution in [2.24, 2.45) is 0 Å². The van der Waals surface area contributed by atoms with Crippen LogP contribution in [-0.4, -0.2) is 21.9 Å². The third kappa shape index (κ3) is 2.60. The molecule has 0 saturated carbocycles. The SMILES string of the molecule is COc1ccc([C@@H]2C[C@H](c3ccc(F)cc3)Nc3ncnn32)cc1. The molecule has 0 saturated heterocycles. The number of rotatable bonds is 3. The number of hydrogen-bond acceptors (Lipinski definition) is 4. The van der Waals surface area contributed by atoms with Crippen molar-refractivity contribution >= 4 is 5.95 Å². The standard InChI is InChI=1S/C18H17FN4O/c1-24-15-8-4-13(5-9-15)17-10-16(12-2-6-14(19)7-3-12)22-18-20-11-21-23(17)18/h2-9,11,16-17H,10H2,1H3,(H,20,21,22)/t16-,17+/m1/s1. The quantitative estimate of drug-likeness (QED) is 0.800. The molecule has 0 amide bonds. The van der Waals surface area contributed by atoms with Gasteiger partial charge in [0.15, 0.2) is 0 Å². The molecule has 0 unspecified atom stereocenters. The molecule has 2 atom stereocenters. The molecule has 1 aliphatic heterocycles. The number of nitrogens with one attached hydrogen (secondary N) is 1. The van der Waals surface area contributed by atoms with Crippen LogP contribution in [0.3, 0.4) is 0 Å². The van der Waals surface area contributed by atoms with Crippen LogP contribution in [0.2, 0.25) is 0 Å². The minimum Gasteiger partial charge on any atom is -0.497 e. The lowest BCUT2D eigenvalue weighted by molar-refractivity contribution is 0.411. The lowest BCUT2D eigenvalue weighted by Gasteiger charge is -2.31. The predicted molar refractivity (Wildman–Crippen MR) is 88.5 cm³/mol. The molecule has 1 aromatic heterocycles. The average Bonchev–Trinajstić information content (AvgIpc) is 3.10. The summed E-state index contributed by atoms with van der Waals surface area (Å²) in [6.07, 6.45) is 2.35. The van der Waals surface area contributed by atoms with Crippen molar-refractivity contribution in [2.75, 3.05) is 12.4 Å². The number of ether oxygens (including phenoxy) is 1. The lowest BCUT2D eigenvalue weighted by Crippen LogP contribution is -2.28. The molecular formula is C18H17FN4O. The molecule has 0 spiro atoms. The van der Waals surface area contributed by atoms with Gasteiger partial charge in [0.25, 0.3) is 0 Å². The van der Waals surface area contributed by atoms with Gasteiger partial charge >= 0.3 is 0 Å². The molecule has 3 aromatic rings. The van der Waals surface area contributed by atoms with E-state index < -0.39 is 0 Å². The second kappa shape index (κ2) is 5.96. The predicted octanol–water partition coefficient (Wildman–Crippen LogP) is 3.57. The summed E-state index contributed by atoms with van der Waals surface area (Å²) in [5, 5.41) is 7.73. The number of hydrogen-bond donors (Lipinski definition) is 1. The molecule has 1 N–H and O–H groups in total. The van der Waals surface area contributed by atoms with E-state index in [1.165, 1.54) is 12.1 Å². The van der Waals surface area contributed by atoms with Gasteiger partial charge in [-0.05, 0) is 41.8 Å². The molecule has 122 valence electrons. The third-order valence-corrected chi connectivity index (χ3v) is 4.40. The normalized spacial score (nSPS) is 19.4. The first-order valence-electron chi connectivity index (χ1n) is 7.80. The Hall–Kier alpha value is -2.89. The zero-order valence-electron chi connectivity index (χ0n) is 13.2. The van der Waals surface area contributed by atoms with Crippen LogP contribution in [0.4, 0.5) is 10.3 Å². The van der Waals surface area contributed by atoms with E-state index in [2.05, 4.69) is 15.4 Å². The number of aromatic nitrogens is 3. The zero-order valence-corrected chi connectivity index (χ0v) is 13.2. The Labute approximate surface area is 139 Å². The van der Waals surface area contributed by atoms with Crippen molar-refractivity contribution < 1.29 is 9.13 Å². The maximum absolute atomic E-state index is 13.2. The summed E-state index contributed by atoms with van der Waals surface area (Å²) < 4.78 is 20.3. The summed E-state index contributed by atoms with van der Waals surface area (Å²) in [4.78, 5) is 4.30. The minimum atomic E-state index is -0.232. The zero-order chi connectivity index (χ0) is 16.5. The van der Waals surface area contributed by atoms with Crippen LogP contribution in [0.5, 0.6) is 5.75 Å². The van der Waals surface area contributed by atoms with Crippen LogP contribution in [-0.2, 0) is 0 Å². The van der Waals surface area contributed by atoms with E-state index in [4.69, 9.17) is 4.74 Å². The van der Waals surface area contributed by atoms with Crippen molar-refractivity contribution in [2.45, 2.75) is 18.5 Å². The van der Waals surface area contributed by atoms with Crippen LogP contribution < -0.4 is 10.1 Å². The van der Waals surface area contributed by atoms with Crippen molar-refractivity contribution in [3.05, 3.63) is 71.8 Å². The Morgan fingerprint density at radius 3 is 2.50 bits per heavy atom. The molecule has 0 fully saturated rings. The Morgan fingerprint density at radius 2 is 1.79 bits per heavy atom. The van der Waals surface area contributed by atoms with E-state index in [1.54, 1.807) is 13.4 Å². The molecule has 0 bridgehead atoms. The first kappa shape index (κ1) is 14.7. The molecule has 2 heterocycles. The summed E-state index contributed by atoms with van der Waals surface area (Å²) >= 11 is 0. The van der Waals surface area contributed by atoms with Crippen molar-refractivity contribution in [3.8, 4) is 5.75 Å². The fraction of sp³-hybridized carbons (Fsp3) is 0.222. The van der Waals surface area contributed by atoms with Gasteiger partial charge in [0.05, 0.1) is 19.2 Å². The molecule has 5 nitrogen and oxygen atoms in total. The van der Waals surface area contributed by atoms with Crippen molar-refractivity contribution in [1.29, 1.82) is 0 Å². The van der Waals surface area contributed by atoms with Crippen molar-refractivity contribution in [3.63, 3.8) is 0 Å². The van der Waals surface area contributed by atoms with Crippen LogP contribution >= 0.6 is 0 Å². The van der Waals surface area contributed by atoms with Gasteiger partial charge in [-0.25, -0.2) is 9.07 Å². The number of fused-ring (bicyclic) bond motifs is 1. The van der Waals surface area contributed by atoms with Crippen LogP contribution in [0.1, 0.15) is 29.6 Å². The number of methoxy groups -OCH3 is 1.